The van der Waals surface area contributed by atoms with Gasteiger partial charge in [0.25, 0.3) is 0 Å². The normalized spacial score (nSPS) is 10.7. The number of methoxy groups -OCH3 is 2. The Morgan fingerprint density at radius 2 is 1.62 bits per heavy atom. The molecule has 0 amide bonds. The first-order valence-electron chi connectivity index (χ1n) is 9.48. The Kier molecular flexibility index (Phi) is 6.99. The summed E-state index contributed by atoms with van der Waals surface area (Å²) in [5.41, 5.74) is 4.31. The van der Waals surface area contributed by atoms with Crippen LogP contribution < -0.4 is 14.2 Å². The molecular formula is C23H26N2O3S. The molecule has 3 rings (SSSR count). The first-order chi connectivity index (χ1) is 14.0. The zero-order valence-electron chi connectivity index (χ0n) is 17.5. The molecule has 0 atom stereocenters. The minimum absolute atomic E-state index is 0.564. The molecule has 6 heteroatoms. The van der Waals surface area contributed by atoms with Gasteiger partial charge in [0.2, 0.25) is 5.88 Å². The van der Waals surface area contributed by atoms with Crippen LogP contribution in [-0.2, 0) is 12.2 Å². The monoisotopic (exact) mass is 410 g/mol. The Morgan fingerprint density at radius 3 is 2.24 bits per heavy atom. The average Bonchev–Trinajstić information content (AvgIpc) is 2.73. The molecule has 0 aliphatic heterocycles. The maximum absolute atomic E-state index is 6.07. The van der Waals surface area contributed by atoms with Gasteiger partial charge in [-0.15, -0.1) is 0 Å². The topological polar surface area (TPSA) is 53.5 Å². The van der Waals surface area contributed by atoms with E-state index in [9.17, 15) is 0 Å². The number of aromatic nitrogens is 2. The van der Waals surface area contributed by atoms with Crippen LogP contribution in [0.2, 0.25) is 0 Å². The second kappa shape index (κ2) is 9.65. The standard InChI is InChI=1S/C23H26N2O3S/c1-6-18-12-22(28-21-8-7-15(2)9-16(21)3)25-23(24-18)29-14-17-10-19(26-4)13-20(11-17)27-5/h7-13H,6,14H2,1-5H3. The lowest BCUT2D eigenvalue weighted by molar-refractivity contribution is 0.393. The molecule has 3 aromatic rings. The summed E-state index contributed by atoms with van der Waals surface area (Å²) in [6.07, 6.45) is 0.812. The lowest BCUT2D eigenvalue weighted by Crippen LogP contribution is -1.98. The van der Waals surface area contributed by atoms with Crippen LogP contribution in [0.3, 0.4) is 0 Å². The highest BCUT2D eigenvalue weighted by molar-refractivity contribution is 7.98. The number of benzene rings is 2. The van der Waals surface area contributed by atoms with Gasteiger partial charge in [-0.1, -0.05) is 36.4 Å². The van der Waals surface area contributed by atoms with E-state index in [0.717, 1.165) is 40.5 Å². The Labute approximate surface area is 176 Å². The van der Waals surface area contributed by atoms with Crippen molar-refractivity contribution in [2.24, 2.45) is 0 Å². The summed E-state index contributed by atoms with van der Waals surface area (Å²) in [6, 6.07) is 13.9. The zero-order chi connectivity index (χ0) is 20.8. The summed E-state index contributed by atoms with van der Waals surface area (Å²) in [5, 5.41) is 0.686. The number of nitrogens with zero attached hydrogens (tertiary/aromatic N) is 2. The number of thioether (sulfide) groups is 1. The summed E-state index contributed by atoms with van der Waals surface area (Å²) in [6.45, 7) is 6.18. The predicted molar refractivity (Wildman–Crippen MR) is 117 cm³/mol. The van der Waals surface area contributed by atoms with Crippen LogP contribution in [-0.4, -0.2) is 24.2 Å². The van der Waals surface area contributed by atoms with Crippen LogP contribution in [0.1, 0.15) is 29.3 Å². The van der Waals surface area contributed by atoms with Gasteiger partial charge >= 0.3 is 0 Å². The zero-order valence-corrected chi connectivity index (χ0v) is 18.3. The van der Waals surface area contributed by atoms with Gasteiger partial charge in [0.05, 0.1) is 14.2 Å². The van der Waals surface area contributed by atoms with Crippen LogP contribution in [0.4, 0.5) is 0 Å². The lowest BCUT2D eigenvalue weighted by Gasteiger charge is -2.11. The smallest absolute Gasteiger partial charge is 0.223 e. The Bertz CT molecular complexity index is 970. The van der Waals surface area contributed by atoms with Gasteiger partial charge in [-0.25, -0.2) is 4.98 Å². The Hall–Kier alpha value is -2.73. The molecular weight excluding hydrogens is 384 g/mol. The number of hydrogen-bond donors (Lipinski definition) is 0. The van der Waals surface area contributed by atoms with E-state index in [-0.39, 0.29) is 0 Å². The van der Waals surface area contributed by atoms with Gasteiger partial charge in [-0.2, -0.15) is 4.98 Å². The number of rotatable bonds is 8. The van der Waals surface area contributed by atoms with Gasteiger partial charge < -0.3 is 14.2 Å². The van der Waals surface area contributed by atoms with Crippen LogP contribution in [0.5, 0.6) is 23.1 Å². The van der Waals surface area contributed by atoms with E-state index in [1.54, 1.807) is 26.0 Å². The largest absolute Gasteiger partial charge is 0.497 e. The Balaban J connectivity index is 1.80. The average molecular weight is 411 g/mol. The Morgan fingerprint density at radius 1 is 0.897 bits per heavy atom. The quantitative estimate of drug-likeness (QED) is 0.348. The molecule has 1 heterocycles. The van der Waals surface area contributed by atoms with Crippen molar-refractivity contribution >= 4 is 11.8 Å². The van der Waals surface area contributed by atoms with Crippen LogP contribution >= 0.6 is 11.8 Å². The first kappa shape index (κ1) is 21.0. The molecule has 0 saturated heterocycles. The van der Waals surface area contributed by atoms with Crippen molar-refractivity contribution < 1.29 is 14.2 Å². The second-order valence-corrected chi connectivity index (χ2v) is 7.66. The highest BCUT2D eigenvalue weighted by atomic mass is 32.2. The molecule has 2 aromatic carbocycles. The molecule has 29 heavy (non-hydrogen) atoms. The van der Waals surface area contributed by atoms with Crippen molar-refractivity contribution in [2.75, 3.05) is 14.2 Å². The summed E-state index contributed by atoms with van der Waals surface area (Å²) in [5.74, 6) is 3.60. The SMILES string of the molecule is CCc1cc(Oc2ccc(C)cc2C)nc(SCc2cc(OC)cc(OC)c2)n1. The summed E-state index contributed by atoms with van der Waals surface area (Å²) in [4.78, 5) is 9.25. The van der Waals surface area contributed by atoms with Crippen molar-refractivity contribution in [1.82, 2.24) is 9.97 Å². The fraction of sp³-hybridized carbons (Fsp3) is 0.304. The maximum Gasteiger partial charge on any atom is 0.223 e. The van der Waals surface area contributed by atoms with Gasteiger partial charge in [0, 0.05) is 23.6 Å². The fourth-order valence-corrected chi connectivity index (χ4v) is 3.67. The summed E-state index contributed by atoms with van der Waals surface area (Å²) < 4.78 is 16.8. The molecule has 0 radical (unpaired) electrons. The van der Waals surface area contributed by atoms with Gasteiger partial charge in [-0.05, 0) is 49.6 Å². The number of aryl methyl sites for hydroxylation is 3. The molecule has 0 unspecified atom stereocenters. The molecule has 5 nitrogen and oxygen atoms in total. The third-order valence-corrected chi connectivity index (χ3v) is 5.34. The molecule has 0 aliphatic rings. The van der Waals surface area contributed by atoms with E-state index >= 15 is 0 Å². The van der Waals surface area contributed by atoms with Crippen LogP contribution in [0.25, 0.3) is 0 Å². The summed E-state index contributed by atoms with van der Waals surface area (Å²) in [7, 11) is 3.30. The third-order valence-electron chi connectivity index (χ3n) is 4.42. The third kappa shape index (κ3) is 5.64. The molecule has 1 aromatic heterocycles. The molecule has 0 aliphatic carbocycles. The maximum atomic E-state index is 6.07. The van der Waals surface area contributed by atoms with Crippen LogP contribution in [0, 0.1) is 13.8 Å². The van der Waals surface area contributed by atoms with Gasteiger partial charge in [-0.3, -0.25) is 0 Å². The van der Waals surface area contributed by atoms with Crippen molar-refractivity contribution in [3.05, 3.63) is 64.8 Å². The van der Waals surface area contributed by atoms with E-state index < -0.39 is 0 Å². The number of ether oxygens (including phenoxy) is 3. The van der Waals surface area contributed by atoms with Gasteiger partial charge in [0.15, 0.2) is 5.16 Å². The van der Waals surface area contributed by atoms with Crippen molar-refractivity contribution in [1.29, 1.82) is 0 Å². The van der Waals surface area contributed by atoms with Crippen LogP contribution in [0.15, 0.2) is 47.6 Å². The van der Waals surface area contributed by atoms with Crippen molar-refractivity contribution in [3.8, 4) is 23.1 Å². The van der Waals surface area contributed by atoms with Crippen molar-refractivity contribution in [2.45, 2.75) is 38.1 Å². The fourth-order valence-electron chi connectivity index (χ4n) is 2.87. The minimum Gasteiger partial charge on any atom is -0.497 e. The van der Waals surface area contributed by atoms with E-state index in [4.69, 9.17) is 14.2 Å². The highest BCUT2D eigenvalue weighted by Gasteiger charge is 2.10. The molecule has 0 bridgehead atoms. The van der Waals surface area contributed by atoms with E-state index in [1.807, 2.05) is 43.3 Å². The van der Waals surface area contributed by atoms with E-state index in [1.165, 1.54) is 5.56 Å². The molecule has 152 valence electrons. The molecule has 0 N–H and O–H groups in total. The predicted octanol–water partition coefficient (Wildman–Crippen LogP) is 5.76. The lowest BCUT2D eigenvalue weighted by atomic mass is 10.1. The molecule has 0 fully saturated rings. The van der Waals surface area contributed by atoms with Crippen molar-refractivity contribution in [3.63, 3.8) is 0 Å². The minimum atomic E-state index is 0.564. The second-order valence-electron chi connectivity index (χ2n) is 6.71. The number of hydrogen-bond acceptors (Lipinski definition) is 6. The van der Waals surface area contributed by atoms with E-state index in [2.05, 4.69) is 29.9 Å². The van der Waals surface area contributed by atoms with E-state index in [0.29, 0.717) is 16.8 Å². The molecule has 0 saturated carbocycles. The molecule has 0 spiro atoms. The van der Waals surface area contributed by atoms with Gasteiger partial charge in [0.1, 0.15) is 17.2 Å². The first-order valence-corrected chi connectivity index (χ1v) is 10.5. The summed E-state index contributed by atoms with van der Waals surface area (Å²) >= 11 is 1.56. The highest BCUT2D eigenvalue weighted by Crippen LogP contribution is 2.30.